The third-order valence-corrected chi connectivity index (χ3v) is 7.25. The van der Waals surface area contributed by atoms with Crippen LogP contribution in [0.2, 0.25) is 0 Å². The van der Waals surface area contributed by atoms with Crippen LogP contribution < -0.4 is 10.0 Å². The Hall–Kier alpha value is -3.18. The van der Waals surface area contributed by atoms with Crippen LogP contribution in [0.5, 0.6) is 0 Å². The summed E-state index contributed by atoms with van der Waals surface area (Å²) in [5.74, 6) is -2.05. The van der Waals surface area contributed by atoms with Crippen LogP contribution in [0, 0.1) is 5.41 Å². The molecule has 2 amide bonds. The molecular formula is C26H37N3O7S. The molecule has 0 radical (unpaired) electrons. The number of aliphatic hydroxyl groups is 1. The average Bonchev–Trinajstić information content (AvgIpc) is 2.84. The highest BCUT2D eigenvalue weighted by Crippen LogP contribution is 2.23. The van der Waals surface area contributed by atoms with Gasteiger partial charge in [-0.2, -0.15) is 0 Å². The van der Waals surface area contributed by atoms with Crippen molar-refractivity contribution in [2.75, 3.05) is 26.2 Å². The first-order valence-electron chi connectivity index (χ1n) is 12.3. The lowest BCUT2D eigenvalue weighted by molar-refractivity contribution is -0.135. The number of hydrogen-bond acceptors (Lipinski definition) is 7. The topological polar surface area (TPSA) is 153 Å². The Morgan fingerprint density at radius 2 is 1.76 bits per heavy atom. The molecule has 1 heterocycles. The fourth-order valence-electron chi connectivity index (χ4n) is 3.74. The van der Waals surface area contributed by atoms with Gasteiger partial charge in [0.25, 0.3) is 15.9 Å². The van der Waals surface area contributed by atoms with Crippen LogP contribution in [0.3, 0.4) is 0 Å². The van der Waals surface area contributed by atoms with Crippen LogP contribution in [0.4, 0.5) is 0 Å². The lowest BCUT2D eigenvalue weighted by atomic mass is 9.93. The van der Waals surface area contributed by atoms with E-state index in [2.05, 4.69) is 12.2 Å². The van der Waals surface area contributed by atoms with E-state index in [4.69, 9.17) is 0 Å². The molecule has 0 unspecified atom stereocenters. The summed E-state index contributed by atoms with van der Waals surface area (Å²) in [4.78, 5) is 37.5. The number of allylic oxidation sites excluding steroid dienone is 2. The fraction of sp³-hybridized carbons (Fsp3) is 0.500. The molecule has 0 bridgehead atoms. The molecule has 0 atom stereocenters. The Labute approximate surface area is 218 Å². The van der Waals surface area contributed by atoms with Crippen molar-refractivity contribution in [3.63, 3.8) is 0 Å². The molecule has 1 aromatic carbocycles. The Morgan fingerprint density at radius 3 is 2.35 bits per heavy atom. The Kier molecular flexibility index (Phi) is 10.9. The zero-order valence-corrected chi connectivity index (χ0v) is 22.4. The number of rotatable bonds is 14. The van der Waals surface area contributed by atoms with Gasteiger partial charge in [0.05, 0.1) is 4.90 Å². The molecule has 4 N–H and O–H groups in total. The van der Waals surface area contributed by atoms with Gasteiger partial charge < -0.3 is 20.4 Å². The molecule has 0 aromatic heterocycles. The molecule has 0 fully saturated rings. The second-order valence-electron chi connectivity index (χ2n) is 9.86. The van der Waals surface area contributed by atoms with Crippen molar-refractivity contribution >= 4 is 27.8 Å². The minimum atomic E-state index is -4.17. The zero-order valence-electron chi connectivity index (χ0n) is 21.6. The van der Waals surface area contributed by atoms with E-state index in [-0.39, 0.29) is 41.8 Å². The summed E-state index contributed by atoms with van der Waals surface area (Å²) in [6.45, 7) is 5.85. The van der Waals surface area contributed by atoms with Crippen LogP contribution >= 0.6 is 0 Å². The largest absolute Gasteiger partial charge is 0.477 e. The Balaban J connectivity index is 2.00. The van der Waals surface area contributed by atoms with E-state index >= 15 is 0 Å². The van der Waals surface area contributed by atoms with Crippen molar-refractivity contribution < 1.29 is 33.0 Å². The number of carboxylic acid groups (broad SMARTS) is 1. The lowest BCUT2D eigenvalue weighted by Gasteiger charge is -2.35. The van der Waals surface area contributed by atoms with Gasteiger partial charge in [-0.05, 0) is 42.7 Å². The summed E-state index contributed by atoms with van der Waals surface area (Å²) in [7, 11) is -4.17. The normalized spacial score (nSPS) is 14.0. The molecule has 1 aliphatic heterocycles. The highest BCUT2D eigenvalue weighted by atomic mass is 32.2. The van der Waals surface area contributed by atoms with E-state index in [9.17, 15) is 33.0 Å². The van der Waals surface area contributed by atoms with Gasteiger partial charge in [0, 0.05) is 43.7 Å². The molecule has 0 spiro atoms. The number of hydrogen-bond donors (Lipinski definition) is 4. The van der Waals surface area contributed by atoms with E-state index in [1.54, 1.807) is 26.0 Å². The molecule has 10 nitrogen and oxygen atoms in total. The van der Waals surface area contributed by atoms with Crippen LogP contribution in [0.25, 0.3) is 0 Å². The Morgan fingerprint density at radius 1 is 1.08 bits per heavy atom. The Bertz CT molecular complexity index is 1140. The molecule has 0 aliphatic carbocycles. The summed E-state index contributed by atoms with van der Waals surface area (Å²) in [6, 6.07) is 6.04. The van der Waals surface area contributed by atoms with Gasteiger partial charge in [0.15, 0.2) is 0 Å². The molecule has 0 saturated heterocycles. The molecular weight excluding hydrogens is 498 g/mol. The number of carboxylic acids is 1. The first kappa shape index (κ1) is 30.0. The monoisotopic (exact) mass is 535 g/mol. The van der Waals surface area contributed by atoms with Crippen molar-refractivity contribution in [1.29, 1.82) is 0 Å². The van der Waals surface area contributed by atoms with Gasteiger partial charge in [-0.25, -0.2) is 17.9 Å². The predicted molar refractivity (Wildman–Crippen MR) is 139 cm³/mol. The molecule has 204 valence electrons. The highest BCUT2D eigenvalue weighted by molar-refractivity contribution is 7.90. The standard InChI is InChI=1S/C26H37N3O7S/c1-4-5-6-7-23(31)27-15-14-19-8-11-21(12-9-19)37(35,36)28-24(32)20-10-13-22(25(33)34)29(16-20)17-26(2,3)18-30/h8-13,30H,4-7,14-18H2,1-3H3,(H,27,31)(H,28,32)(H,33,34). The molecule has 11 heteroatoms. The van der Waals surface area contributed by atoms with E-state index in [1.807, 2.05) is 4.72 Å². The SMILES string of the molecule is CCCCCC(=O)NCCc1ccc(S(=O)(=O)NC(=O)C2=CC=C(C(=O)O)N(CC(C)(C)CO)C2)cc1. The number of nitrogens with zero attached hydrogens (tertiary/aromatic N) is 1. The first-order valence-corrected chi connectivity index (χ1v) is 13.8. The van der Waals surface area contributed by atoms with Crippen molar-refractivity contribution in [3.05, 3.63) is 53.3 Å². The van der Waals surface area contributed by atoms with Gasteiger partial charge >= 0.3 is 5.97 Å². The maximum Gasteiger partial charge on any atom is 0.352 e. The number of carbonyl (C=O) groups is 3. The number of aliphatic carboxylic acids is 1. The number of unbranched alkanes of at least 4 members (excludes halogenated alkanes) is 2. The van der Waals surface area contributed by atoms with Gasteiger partial charge in [-0.15, -0.1) is 0 Å². The van der Waals surface area contributed by atoms with Crippen molar-refractivity contribution in [3.8, 4) is 0 Å². The van der Waals surface area contributed by atoms with Gasteiger partial charge in [0.2, 0.25) is 5.91 Å². The minimum Gasteiger partial charge on any atom is -0.477 e. The fourth-order valence-corrected chi connectivity index (χ4v) is 4.73. The van der Waals surface area contributed by atoms with Crippen LogP contribution in [-0.4, -0.2) is 67.6 Å². The number of carbonyl (C=O) groups excluding carboxylic acids is 2. The third-order valence-electron chi connectivity index (χ3n) is 5.91. The van der Waals surface area contributed by atoms with E-state index in [0.717, 1.165) is 24.8 Å². The van der Waals surface area contributed by atoms with E-state index in [1.165, 1.54) is 29.2 Å². The summed E-state index contributed by atoms with van der Waals surface area (Å²) in [5, 5.41) is 21.9. The summed E-state index contributed by atoms with van der Waals surface area (Å²) >= 11 is 0. The van der Waals surface area contributed by atoms with Gasteiger partial charge in [-0.1, -0.05) is 45.7 Å². The van der Waals surface area contributed by atoms with Crippen LogP contribution in [0.1, 0.15) is 52.0 Å². The molecule has 2 rings (SSSR count). The van der Waals surface area contributed by atoms with E-state index < -0.39 is 27.3 Å². The number of benzene rings is 1. The van der Waals surface area contributed by atoms with Crippen LogP contribution in [-0.2, 0) is 30.8 Å². The van der Waals surface area contributed by atoms with Gasteiger partial charge in [0.1, 0.15) is 5.70 Å². The van der Waals surface area contributed by atoms with Crippen molar-refractivity contribution in [1.82, 2.24) is 14.9 Å². The van der Waals surface area contributed by atoms with Crippen LogP contribution in [0.15, 0.2) is 52.6 Å². The molecule has 1 aromatic rings. The predicted octanol–water partition coefficient (Wildman–Crippen LogP) is 1.96. The maximum absolute atomic E-state index is 12.8. The minimum absolute atomic E-state index is 0.00353. The average molecular weight is 536 g/mol. The number of sulfonamides is 1. The molecule has 1 aliphatic rings. The summed E-state index contributed by atoms with van der Waals surface area (Å²) < 4.78 is 27.6. The highest BCUT2D eigenvalue weighted by Gasteiger charge is 2.30. The maximum atomic E-state index is 12.8. The first-order chi connectivity index (χ1) is 17.4. The third kappa shape index (κ3) is 9.32. The molecule has 0 saturated carbocycles. The summed E-state index contributed by atoms with van der Waals surface area (Å²) in [6.07, 6.45) is 6.48. The van der Waals surface area contributed by atoms with E-state index in [0.29, 0.717) is 19.4 Å². The van der Waals surface area contributed by atoms with Crippen molar-refractivity contribution in [2.24, 2.45) is 5.41 Å². The number of aliphatic hydroxyl groups excluding tert-OH is 1. The number of amides is 2. The second kappa shape index (κ2) is 13.4. The lowest BCUT2D eigenvalue weighted by Crippen LogP contribution is -2.43. The quantitative estimate of drug-likeness (QED) is 0.264. The summed E-state index contributed by atoms with van der Waals surface area (Å²) in [5.41, 5.74) is 0.226. The van der Waals surface area contributed by atoms with Crippen molar-refractivity contribution in [2.45, 2.75) is 57.8 Å². The number of nitrogens with one attached hydrogen (secondary N) is 2. The zero-order chi connectivity index (χ0) is 27.6. The molecule has 37 heavy (non-hydrogen) atoms. The smallest absolute Gasteiger partial charge is 0.352 e. The van der Waals surface area contributed by atoms with Gasteiger partial charge in [-0.3, -0.25) is 9.59 Å². The second-order valence-corrected chi connectivity index (χ2v) is 11.5.